The molecule has 2 N–H and O–H groups in total. The van der Waals surface area contributed by atoms with E-state index < -0.39 is 18.3 Å². The molecule has 1 aliphatic rings. The number of nitrogen functional groups attached to an aromatic ring is 1. The first-order valence-electron chi connectivity index (χ1n) is 6.16. The fraction of sp³-hybridized carbons (Fsp3) is 0.538. The maximum Gasteiger partial charge on any atom is 0.498 e. The average Bonchev–Trinajstić information content (AvgIpc) is 2.51. The molecule has 1 heterocycles. The van der Waals surface area contributed by atoms with Crippen LogP contribution in [-0.4, -0.2) is 25.4 Å². The molecule has 1 saturated heterocycles. The van der Waals surface area contributed by atoms with Gasteiger partial charge in [-0.05, 0) is 33.8 Å². The summed E-state index contributed by atoms with van der Waals surface area (Å²) in [5, 5.41) is 0.463. The van der Waals surface area contributed by atoms with Crippen molar-refractivity contribution in [3.05, 3.63) is 17.2 Å². The molecule has 2 rings (SSSR count). The van der Waals surface area contributed by atoms with Gasteiger partial charge < -0.3 is 19.8 Å². The van der Waals surface area contributed by atoms with Crippen molar-refractivity contribution in [2.45, 2.75) is 38.9 Å². The Morgan fingerprint density at radius 3 is 2.16 bits per heavy atom. The molecule has 19 heavy (non-hydrogen) atoms. The molecule has 104 valence electrons. The summed E-state index contributed by atoms with van der Waals surface area (Å²) in [6.07, 6.45) is 0. The second-order valence-electron chi connectivity index (χ2n) is 5.70. The first kappa shape index (κ1) is 14.5. The monoisotopic (exact) mass is 283 g/mol. The maximum atomic E-state index is 6.07. The molecule has 0 radical (unpaired) electrons. The van der Waals surface area contributed by atoms with Crippen LogP contribution in [0.15, 0.2) is 12.1 Å². The van der Waals surface area contributed by atoms with Gasteiger partial charge in [0.1, 0.15) is 5.75 Å². The van der Waals surface area contributed by atoms with E-state index in [-0.39, 0.29) is 0 Å². The first-order chi connectivity index (χ1) is 8.68. The molecular formula is C13H19BClNO3. The predicted octanol–water partition coefficient (Wildman–Crippen LogP) is 2.23. The van der Waals surface area contributed by atoms with Crippen molar-refractivity contribution >= 4 is 29.9 Å². The Morgan fingerprint density at radius 2 is 1.68 bits per heavy atom. The van der Waals surface area contributed by atoms with E-state index in [9.17, 15) is 0 Å². The van der Waals surface area contributed by atoms with Crippen LogP contribution in [0.1, 0.15) is 27.7 Å². The summed E-state index contributed by atoms with van der Waals surface area (Å²) in [5.74, 6) is 0.611. The highest BCUT2D eigenvalue weighted by molar-refractivity contribution is 6.63. The first-order valence-corrected chi connectivity index (χ1v) is 6.54. The number of benzene rings is 1. The zero-order valence-electron chi connectivity index (χ0n) is 11.9. The largest absolute Gasteiger partial charge is 0.498 e. The molecule has 0 amide bonds. The minimum atomic E-state index is -0.516. The van der Waals surface area contributed by atoms with E-state index in [1.54, 1.807) is 19.2 Å². The molecule has 6 heteroatoms. The van der Waals surface area contributed by atoms with Crippen LogP contribution in [0, 0.1) is 0 Å². The van der Waals surface area contributed by atoms with Crippen LogP contribution >= 0.6 is 11.6 Å². The lowest BCUT2D eigenvalue weighted by Crippen LogP contribution is -2.41. The summed E-state index contributed by atoms with van der Waals surface area (Å²) in [5.41, 5.74) is 6.19. The van der Waals surface area contributed by atoms with Crippen LogP contribution in [0.3, 0.4) is 0 Å². The lowest BCUT2D eigenvalue weighted by Gasteiger charge is -2.32. The second-order valence-corrected chi connectivity index (χ2v) is 6.11. The Bertz CT molecular complexity index is 489. The second kappa shape index (κ2) is 4.58. The molecule has 4 nitrogen and oxygen atoms in total. The summed E-state index contributed by atoms with van der Waals surface area (Å²) in [6, 6.07) is 3.42. The molecular weight excluding hydrogens is 264 g/mol. The van der Waals surface area contributed by atoms with Gasteiger partial charge in [0.05, 0.1) is 29.0 Å². The van der Waals surface area contributed by atoms with Crippen LogP contribution in [0.25, 0.3) is 0 Å². The Hall–Kier alpha value is -0.905. The van der Waals surface area contributed by atoms with Crippen LogP contribution in [-0.2, 0) is 9.31 Å². The molecule has 0 aliphatic carbocycles. The van der Waals surface area contributed by atoms with E-state index >= 15 is 0 Å². The summed E-state index contributed by atoms with van der Waals surface area (Å²) in [6.45, 7) is 7.99. The number of rotatable bonds is 2. The molecule has 0 unspecified atom stereocenters. The molecule has 0 bridgehead atoms. The van der Waals surface area contributed by atoms with E-state index in [0.717, 1.165) is 5.46 Å². The number of methoxy groups -OCH3 is 1. The van der Waals surface area contributed by atoms with Crippen molar-refractivity contribution in [3.63, 3.8) is 0 Å². The third-order valence-corrected chi connectivity index (χ3v) is 4.18. The summed E-state index contributed by atoms with van der Waals surface area (Å²) >= 11 is 6.07. The number of anilines is 1. The number of hydrogen-bond donors (Lipinski definition) is 1. The Balaban J connectivity index is 2.42. The van der Waals surface area contributed by atoms with Gasteiger partial charge in [0, 0.05) is 11.5 Å². The number of halogens is 1. The normalized spacial score (nSPS) is 20.6. The molecule has 0 spiro atoms. The Morgan fingerprint density at radius 1 is 1.16 bits per heavy atom. The molecule has 1 fully saturated rings. The van der Waals surface area contributed by atoms with Crippen molar-refractivity contribution in [2.75, 3.05) is 12.8 Å². The summed E-state index contributed by atoms with van der Waals surface area (Å²) < 4.78 is 17.3. The highest BCUT2D eigenvalue weighted by Crippen LogP contribution is 2.37. The van der Waals surface area contributed by atoms with Crippen molar-refractivity contribution in [1.29, 1.82) is 0 Å². The van der Waals surface area contributed by atoms with Gasteiger partial charge >= 0.3 is 7.12 Å². The smallest absolute Gasteiger partial charge is 0.497 e. The fourth-order valence-corrected chi connectivity index (χ4v) is 2.09. The zero-order chi connectivity index (χ0) is 14.4. The van der Waals surface area contributed by atoms with Gasteiger partial charge in [-0.1, -0.05) is 11.6 Å². The highest BCUT2D eigenvalue weighted by atomic mass is 35.5. The quantitative estimate of drug-likeness (QED) is 0.668. The van der Waals surface area contributed by atoms with Crippen molar-refractivity contribution in [3.8, 4) is 5.75 Å². The average molecular weight is 284 g/mol. The number of nitrogens with two attached hydrogens (primary N) is 1. The molecule has 0 aromatic heterocycles. The van der Waals surface area contributed by atoms with E-state index in [2.05, 4.69) is 0 Å². The third kappa shape index (κ3) is 2.42. The van der Waals surface area contributed by atoms with Crippen LogP contribution in [0.4, 0.5) is 5.69 Å². The van der Waals surface area contributed by atoms with E-state index in [0.29, 0.717) is 16.5 Å². The zero-order valence-corrected chi connectivity index (χ0v) is 12.7. The van der Waals surface area contributed by atoms with Crippen LogP contribution < -0.4 is 15.9 Å². The third-order valence-electron chi connectivity index (χ3n) is 3.86. The van der Waals surface area contributed by atoms with Gasteiger partial charge in [0.2, 0.25) is 0 Å². The van der Waals surface area contributed by atoms with Crippen molar-refractivity contribution in [2.24, 2.45) is 0 Å². The topological polar surface area (TPSA) is 53.7 Å². The Kier molecular flexibility index (Phi) is 3.50. The van der Waals surface area contributed by atoms with E-state index in [1.165, 1.54) is 0 Å². The van der Waals surface area contributed by atoms with E-state index in [4.69, 9.17) is 31.4 Å². The van der Waals surface area contributed by atoms with Crippen LogP contribution in [0.2, 0.25) is 5.02 Å². The fourth-order valence-electron chi connectivity index (χ4n) is 1.92. The minimum absolute atomic E-state index is 0.406. The van der Waals surface area contributed by atoms with Crippen LogP contribution in [0.5, 0.6) is 5.75 Å². The van der Waals surface area contributed by atoms with Gasteiger partial charge in [0.25, 0.3) is 0 Å². The SMILES string of the molecule is COc1cc(N)c(Cl)cc1B1OC(C)(C)C(C)(C)O1. The van der Waals surface area contributed by atoms with Gasteiger partial charge in [-0.3, -0.25) is 0 Å². The standard InChI is InChI=1S/C13H19BClNO3/c1-12(2)13(3,4)19-14(18-12)8-6-9(15)10(16)7-11(8)17-5/h6-7H,16H2,1-5H3. The lowest BCUT2D eigenvalue weighted by molar-refractivity contribution is 0.00578. The Labute approximate surface area is 119 Å². The van der Waals surface area contributed by atoms with Crippen molar-refractivity contribution in [1.82, 2.24) is 0 Å². The van der Waals surface area contributed by atoms with Gasteiger partial charge in [-0.15, -0.1) is 0 Å². The maximum absolute atomic E-state index is 6.07. The van der Waals surface area contributed by atoms with Gasteiger partial charge in [-0.2, -0.15) is 0 Å². The molecule has 0 saturated carbocycles. The van der Waals surface area contributed by atoms with Crippen molar-refractivity contribution < 1.29 is 14.0 Å². The van der Waals surface area contributed by atoms with E-state index in [1.807, 2.05) is 27.7 Å². The summed E-state index contributed by atoms with van der Waals surface area (Å²) in [7, 11) is 1.07. The molecule has 1 aliphatic heterocycles. The summed E-state index contributed by atoms with van der Waals surface area (Å²) in [4.78, 5) is 0. The predicted molar refractivity (Wildman–Crippen MR) is 78.1 cm³/mol. The molecule has 0 atom stereocenters. The minimum Gasteiger partial charge on any atom is -0.497 e. The highest BCUT2D eigenvalue weighted by Gasteiger charge is 2.52. The number of hydrogen-bond acceptors (Lipinski definition) is 4. The molecule has 1 aromatic carbocycles. The number of ether oxygens (including phenoxy) is 1. The van der Waals surface area contributed by atoms with Gasteiger partial charge in [0.15, 0.2) is 0 Å². The van der Waals surface area contributed by atoms with Gasteiger partial charge in [-0.25, -0.2) is 0 Å². The lowest BCUT2D eigenvalue weighted by atomic mass is 9.78. The molecule has 1 aromatic rings.